The third-order valence-electron chi connectivity index (χ3n) is 1.43. The molecule has 1 N–H and O–H groups in total. The lowest BCUT2D eigenvalue weighted by Crippen LogP contribution is -1.93. The zero-order valence-corrected chi connectivity index (χ0v) is 8.17. The van der Waals surface area contributed by atoms with Crippen LogP contribution in [0.4, 0.5) is 4.39 Å². The second kappa shape index (κ2) is 3.83. The molecule has 0 atom stereocenters. The van der Waals surface area contributed by atoms with Gasteiger partial charge in [-0.2, -0.15) is 5.26 Å². The van der Waals surface area contributed by atoms with Crippen LogP contribution >= 0.6 is 22.6 Å². The Morgan fingerprint density at radius 3 is 2.75 bits per heavy atom. The number of nitriles is 1. The Morgan fingerprint density at radius 1 is 1.58 bits per heavy atom. The molecule has 0 aromatic heterocycles. The van der Waals surface area contributed by atoms with Crippen molar-refractivity contribution < 1.29 is 9.50 Å². The molecule has 1 rings (SSSR count). The molecule has 0 aliphatic rings. The first-order valence-corrected chi connectivity index (χ1v) is 4.25. The lowest BCUT2D eigenvalue weighted by Gasteiger charge is -2.01. The summed E-state index contributed by atoms with van der Waals surface area (Å²) in [5.41, 5.74) is 0.517. The van der Waals surface area contributed by atoms with Crippen LogP contribution in [0.15, 0.2) is 12.1 Å². The third kappa shape index (κ3) is 1.73. The van der Waals surface area contributed by atoms with Gasteiger partial charge in [0, 0.05) is 3.57 Å². The van der Waals surface area contributed by atoms with Gasteiger partial charge in [-0.05, 0) is 40.3 Å². The molecule has 4 heteroatoms. The van der Waals surface area contributed by atoms with Gasteiger partial charge in [-0.25, -0.2) is 4.39 Å². The average molecular weight is 277 g/mol. The molecule has 0 heterocycles. The number of aliphatic hydroxyl groups excluding tert-OH is 1. The molecule has 0 amide bonds. The van der Waals surface area contributed by atoms with Crippen molar-refractivity contribution in [1.82, 2.24) is 0 Å². The Labute approximate surface area is 82.8 Å². The van der Waals surface area contributed by atoms with E-state index >= 15 is 0 Å². The molecule has 0 unspecified atom stereocenters. The van der Waals surface area contributed by atoms with E-state index in [1.54, 1.807) is 6.07 Å². The summed E-state index contributed by atoms with van der Waals surface area (Å²) in [5.74, 6) is -0.582. The van der Waals surface area contributed by atoms with Crippen LogP contribution < -0.4 is 0 Å². The molecule has 0 fully saturated rings. The normalized spacial score (nSPS) is 9.50. The summed E-state index contributed by atoms with van der Waals surface area (Å²) in [6, 6.07) is 4.32. The summed E-state index contributed by atoms with van der Waals surface area (Å²) in [6.07, 6.45) is 0. The van der Waals surface area contributed by atoms with Crippen LogP contribution in [0.5, 0.6) is 0 Å². The Morgan fingerprint density at radius 2 is 2.25 bits per heavy atom. The highest BCUT2D eigenvalue weighted by Gasteiger charge is 2.06. The molecule has 0 saturated heterocycles. The highest BCUT2D eigenvalue weighted by molar-refractivity contribution is 14.1. The molecule has 0 radical (unpaired) electrons. The zero-order valence-electron chi connectivity index (χ0n) is 6.01. The molecule has 0 aliphatic heterocycles. The fourth-order valence-corrected chi connectivity index (χ4v) is 1.43. The van der Waals surface area contributed by atoms with Gasteiger partial charge in [0.1, 0.15) is 11.9 Å². The van der Waals surface area contributed by atoms with Gasteiger partial charge in [0.05, 0.1) is 12.2 Å². The highest BCUT2D eigenvalue weighted by Crippen LogP contribution is 2.17. The molecule has 0 aliphatic carbocycles. The first-order valence-electron chi connectivity index (χ1n) is 3.18. The van der Waals surface area contributed by atoms with Crippen molar-refractivity contribution in [2.45, 2.75) is 6.61 Å². The van der Waals surface area contributed by atoms with Gasteiger partial charge in [0.2, 0.25) is 0 Å². The number of halogens is 2. The van der Waals surface area contributed by atoms with Crippen LogP contribution in [0.2, 0.25) is 0 Å². The van der Waals surface area contributed by atoms with E-state index in [1.807, 2.05) is 22.6 Å². The van der Waals surface area contributed by atoms with E-state index in [0.717, 1.165) is 0 Å². The summed E-state index contributed by atoms with van der Waals surface area (Å²) in [5, 5.41) is 17.2. The van der Waals surface area contributed by atoms with Gasteiger partial charge in [0.25, 0.3) is 0 Å². The van der Waals surface area contributed by atoms with Crippen molar-refractivity contribution in [3.05, 3.63) is 32.6 Å². The van der Waals surface area contributed by atoms with Crippen LogP contribution in [-0.2, 0) is 6.61 Å². The van der Waals surface area contributed by atoms with E-state index in [2.05, 4.69) is 0 Å². The van der Waals surface area contributed by atoms with E-state index in [0.29, 0.717) is 9.13 Å². The molecule has 62 valence electrons. The van der Waals surface area contributed by atoms with Crippen LogP contribution in [-0.4, -0.2) is 5.11 Å². The molecular formula is C8H5FINO. The maximum absolute atomic E-state index is 12.9. The zero-order chi connectivity index (χ0) is 9.14. The molecule has 12 heavy (non-hydrogen) atoms. The van der Waals surface area contributed by atoms with Gasteiger partial charge < -0.3 is 5.11 Å². The maximum Gasteiger partial charge on any atom is 0.141 e. The van der Waals surface area contributed by atoms with Crippen molar-refractivity contribution in [2.75, 3.05) is 0 Å². The minimum absolute atomic E-state index is 0.0107. The predicted octanol–water partition coefficient (Wildman–Crippen LogP) is 1.79. The number of benzene rings is 1. The molecule has 0 saturated carbocycles. The van der Waals surface area contributed by atoms with E-state index in [9.17, 15) is 4.39 Å². The summed E-state index contributed by atoms with van der Waals surface area (Å²) >= 11 is 1.95. The summed E-state index contributed by atoms with van der Waals surface area (Å²) in [7, 11) is 0. The number of rotatable bonds is 1. The van der Waals surface area contributed by atoms with Gasteiger partial charge in [0.15, 0.2) is 0 Å². The lowest BCUT2D eigenvalue weighted by molar-refractivity contribution is 0.280. The van der Waals surface area contributed by atoms with Gasteiger partial charge >= 0.3 is 0 Å². The number of hydrogen-bond acceptors (Lipinski definition) is 2. The standard InChI is InChI=1S/C8H5FINO/c9-7-1-6(4-12)8(10)2-5(7)3-11/h1-2,12H,4H2. The SMILES string of the molecule is N#Cc1cc(I)c(CO)cc1F. The van der Waals surface area contributed by atoms with Gasteiger partial charge in [-0.1, -0.05) is 0 Å². The van der Waals surface area contributed by atoms with Crippen molar-refractivity contribution >= 4 is 22.6 Å². The largest absolute Gasteiger partial charge is 0.392 e. The van der Waals surface area contributed by atoms with Crippen LogP contribution in [0.1, 0.15) is 11.1 Å². The topological polar surface area (TPSA) is 44.0 Å². The summed E-state index contributed by atoms with van der Waals surface area (Å²) < 4.78 is 13.6. The van der Waals surface area contributed by atoms with E-state index in [-0.39, 0.29) is 12.2 Å². The number of hydrogen-bond donors (Lipinski definition) is 1. The summed E-state index contributed by atoms with van der Waals surface area (Å²) in [6.45, 7) is -0.207. The first-order chi connectivity index (χ1) is 5.69. The fourth-order valence-electron chi connectivity index (χ4n) is 0.795. The Hall–Kier alpha value is -0.670. The minimum Gasteiger partial charge on any atom is -0.392 e. The average Bonchev–Trinajstić information content (AvgIpc) is 2.08. The lowest BCUT2D eigenvalue weighted by atomic mass is 10.1. The monoisotopic (exact) mass is 277 g/mol. The second-order valence-electron chi connectivity index (χ2n) is 2.19. The van der Waals surface area contributed by atoms with E-state index in [4.69, 9.17) is 10.4 Å². The number of nitrogens with zero attached hydrogens (tertiary/aromatic N) is 1. The molecular weight excluding hydrogens is 272 g/mol. The molecule has 0 bridgehead atoms. The Kier molecular flexibility index (Phi) is 3.00. The van der Waals surface area contributed by atoms with E-state index < -0.39 is 5.82 Å². The fraction of sp³-hybridized carbons (Fsp3) is 0.125. The molecule has 0 spiro atoms. The van der Waals surface area contributed by atoms with Gasteiger partial charge in [-0.15, -0.1) is 0 Å². The maximum atomic E-state index is 12.9. The minimum atomic E-state index is -0.582. The predicted molar refractivity (Wildman–Crippen MR) is 49.8 cm³/mol. The van der Waals surface area contributed by atoms with Crippen LogP contribution in [0.25, 0.3) is 0 Å². The van der Waals surface area contributed by atoms with Gasteiger partial charge in [-0.3, -0.25) is 0 Å². The smallest absolute Gasteiger partial charge is 0.141 e. The Balaban J connectivity index is 3.28. The van der Waals surface area contributed by atoms with Crippen molar-refractivity contribution in [3.63, 3.8) is 0 Å². The van der Waals surface area contributed by atoms with Crippen molar-refractivity contribution in [3.8, 4) is 6.07 Å². The molecule has 2 nitrogen and oxygen atoms in total. The Bertz CT molecular complexity index is 345. The highest BCUT2D eigenvalue weighted by atomic mass is 127. The quantitative estimate of drug-likeness (QED) is 0.795. The first kappa shape index (κ1) is 9.42. The van der Waals surface area contributed by atoms with Crippen LogP contribution in [0, 0.1) is 20.7 Å². The van der Waals surface area contributed by atoms with Crippen molar-refractivity contribution in [1.29, 1.82) is 5.26 Å². The van der Waals surface area contributed by atoms with E-state index in [1.165, 1.54) is 12.1 Å². The van der Waals surface area contributed by atoms with Crippen LogP contribution in [0.3, 0.4) is 0 Å². The van der Waals surface area contributed by atoms with Crippen molar-refractivity contribution in [2.24, 2.45) is 0 Å². The summed E-state index contributed by atoms with van der Waals surface area (Å²) in [4.78, 5) is 0. The third-order valence-corrected chi connectivity index (χ3v) is 2.43. The molecule has 1 aromatic carbocycles. The molecule has 1 aromatic rings. The second-order valence-corrected chi connectivity index (χ2v) is 3.36. The number of aliphatic hydroxyl groups is 1.